The van der Waals surface area contributed by atoms with Crippen molar-refractivity contribution in [2.45, 2.75) is 18.9 Å². The molecule has 112 valence electrons. The van der Waals surface area contributed by atoms with Crippen molar-refractivity contribution in [3.63, 3.8) is 0 Å². The van der Waals surface area contributed by atoms with Gasteiger partial charge in [-0.3, -0.25) is 0 Å². The number of hydrogen-bond acceptors (Lipinski definition) is 6. The molecule has 0 spiro atoms. The average Bonchev–Trinajstić information content (AvgIpc) is 2.93. The molecule has 1 atom stereocenters. The molecule has 0 bridgehead atoms. The lowest BCUT2D eigenvalue weighted by Crippen LogP contribution is -2.31. The molecule has 2 rings (SSSR count). The number of ether oxygens (including phenoxy) is 1. The van der Waals surface area contributed by atoms with Crippen LogP contribution in [0.4, 0.5) is 5.13 Å². The second kappa shape index (κ2) is 7.70. The lowest BCUT2D eigenvalue weighted by Gasteiger charge is -2.13. The Hall–Kier alpha value is -1.99. The molecule has 21 heavy (non-hydrogen) atoms. The quantitative estimate of drug-likeness (QED) is 0.774. The van der Waals surface area contributed by atoms with Crippen LogP contribution in [0.15, 0.2) is 30.3 Å². The van der Waals surface area contributed by atoms with Crippen LogP contribution in [0.25, 0.3) is 0 Å². The molecule has 0 saturated carbocycles. The Balaban J connectivity index is 1.99. The van der Waals surface area contributed by atoms with E-state index < -0.39 is 12.0 Å². The molecule has 0 fully saturated rings. The number of hydrogen-bond donors (Lipinski definition) is 2. The van der Waals surface area contributed by atoms with Crippen molar-refractivity contribution in [3.8, 4) is 0 Å². The molecule has 1 aromatic heterocycles. The number of methoxy groups -OCH3 is 1. The van der Waals surface area contributed by atoms with Crippen molar-refractivity contribution < 1.29 is 14.6 Å². The van der Waals surface area contributed by atoms with Gasteiger partial charge in [-0.05, 0) is 5.56 Å². The Bertz CT molecular complexity index is 574. The van der Waals surface area contributed by atoms with Gasteiger partial charge in [0, 0.05) is 31.5 Å². The lowest BCUT2D eigenvalue weighted by atomic mass is 10.1. The van der Waals surface area contributed by atoms with E-state index in [1.807, 2.05) is 30.3 Å². The van der Waals surface area contributed by atoms with Crippen molar-refractivity contribution in [2.75, 3.05) is 19.0 Å². The highest BCUT2D eigenvalue weighted by atomic mass is 32.1. The normalized spacial score (nSPS) is 12.0. The van der Waals surface area contributed by atoms with E-state index in [-0.39, 0.29) is 0 Å². The van der Waals surface area contributed by atoms with Crippen molar-refractivity contribution >= 4 is 22.6 Å². The van der Waals surface area contributed by atoms with Gasteiger partial charge in [0.1, 0.15) is 11.9 Å². The molecular weight excluding hydrogens is 290 g/mol. The Morgan fingerprint density at radius 3 is 2.86 bits per heavy atom. The van der Waals surface area contributed by atoms with Gasteiger partial charge >= 0.3 is 5.97 Å². The number of carbonyl (C=O) groups is 1. The number of nitrogens with one attached hydrogen (secondary N) is 1. The van der Waals surface area contributed by atoms with Gasteiger partial charge in [0.2, 0.25) is 5.13 Å². The molecule has 0 aliphatic heterocycles. The molecule has 0 saturated heterocycles. The number of anilines is 1. The van der Waals surface area contributed by atoms with E-state index in [9.17, 15) is 9.90 Å². The molecule has 2 aromatic rings. The highest BCUT2D eigenvalue weighted by Crippen LogP contribution is 2.15. The van der Waals surface area contributed by atoms with Crippen molar-refractivity contribution in [1.82, 2.24) is 9.36 Å². The number of rotatable bonds is 8. The first-order valence-corrected chi connectivity index (χ1v) is 7.31. The number of carboxylic acid groups (broad SMARTS) is 1. The van der Waals surface area contributed by atoms with E-state index in [2.05, 4.69) is 14.7 Å². The predicted molar refractivity (Wildman–Crippen MR) is 80.7 cm³/mol. The van der Waals surface area contributed by atoms with Gasteiger partial charge in [-0.15, -0.1) is 0 Å². The second-order valence-corrected chi connectivity index (χ2v) is 5.24. The molecule has 0 amide bonds. The number of carboxylic acids is 1. The van der Waals surface area contributed by atoms with E-state index in [4.69, 9.17) is 4.74 Å². The summed E-state index contributed by atoms with van der Waals surface area (Å²) in [5.41, 5.74) is 0.960. The Morgan fingerprint density at radius 1 is 1.43 bits per heavy atom. The van der Waals surface area contributed by atoms with E-state index in [0.29, 0.717) is 30.4 Å². The third-order valence-corrected chi connectivity index (χ3v) is 3.56. The summed E-state index contributed by atoms with van der Waals surface area (Å²) in [6.45, 7) is 0.544. The Kier molecular flexibility index (Phi) is 5.65. The molecule has 0 radical (unpaired) electrons. The summed E-state index contributed by atoms with van der Waals surface area (Å²) in [5, 5.41) is 12.8. The first-order valence-electron chi connectivity index (χ1n) is 6.54. The fourth-order valence-corrected chi connectivity index (χ4v) is 2.47. The highest BCUT2D eigenvalue weighted by molar-refractivity contribution is 7.09. The zero-order chi connectivity index (χ0) is 15.1. The molecule has 1 aromatic carbocycles. The third-order valence-electron chi connectivity index (χ3n) is 2.88. The monoisotopic (exact) mass is 307 g/mol. The maximum atomic E-state index is 11.4. The van der Waals surface area contributed by atoms with Crippen molar-refractivity contribution in [2.24, 2.45) is 0 Å². The fourth-order valence-electron chi connectivity index (χ4n) is 1.81. The van der Waals surface area contributed by atoms with Gasteiger partial charge in [0.15, 0.2) is 0 Å². The maximum Gasteiger partial charge on any atom is 0.326 e. The number of benzene rings is 1. The van der Waals surface area contributed by atoms with Crippen molar-refractivity contribution in [1.29, 1.82) is 0 Å². The SMILES string of the molecule is COCCc1nsc(N[C@@H](Cc2ccccc2)C(=O)O)n1. The minimum atomic E-state index is -0.910. The van der Waals surface area contributed by atoms with Gasteiger partial charge in [0.25, 0.3) is 0 Å². The van der Waals surface area contributed by atoms with Gasteiger partial charge in [-0.1, -0.05) is 30.3 Å². The van der Waals surface area contributed by atoms with E-state index in [0.717, 1.165) is 5.56 Å². The third kappa shape index (κ3) is 4.80. The van der Waals surface area contributed by atoms with Crippen LogP contribution < -0.4 is 5.32 Å². The summed E-state index contributed by atoms with van der Waals surface area (Å²) >= 11 is 1.17. The first-order chi connectivity index (χ1) is 10.2. The predicted octanol–water partition coefficient (Wildman–Crippen LogP) is 1.83. The van der Waals surface area contributed by atoms with Crippen LogP contribution >= 0.6 is 11.5 Å². The maximum absolute atomic E-state index is 11.4. The molecule has 1 heterocycles. The van der Waals surface area contributed by atoms with Crippen LogP contribution in [-0.2, 0) is 22.4 Å². The van der Waals surface area contributed by atoms with Gasteiger partial charge in [-0.25, -0.2) is 9.78 Å². The van der Waals surface area contributed by atoms with Gasteiger partial charge in [-0.2, -0.15) is 4.37 Å². The zero-order valence-electron chi connectivity index (χ0n) is 11.7. The topological polar surface area (TPSA) is 84.3 Å². The summed E-state index contributed by atoms with van der Waals surface area (Å²) in [4.78, 5) is 15.6. The van der Waals surface area contributed by atoms with Crippen LogP contribution in [0.1, 0.15) is 11.4 Å². The van der Waals surface area contributed by atoms with Crippen molar-refractivity contribution in [3.05, 3.63) is 41.7 Å². The minimum absolute atomic E-state index is 0.392. The summed E-state index contributed by atoms with van der Waals surface area (Å²) < 4.78 is 9.13. The van der Waals surface area contributed by atoms with E-state index in [1.165, 1.54) is 11.5 Å². The molecule has 0 aliphatic rings. The standard InChI is InChI=1S/C14H17N3O3S/c1-20-8-7-12-16-14(21-17-12)15-11(13(18)19)9-10-5-3-2-4-6-10/h2-6,11H,7-9H2,1H3,(H,18,19)(H,15,16,17)/t11-/m0/s1. The van der Waals surface area contributed by atoms with Crippen LogP contribution in [0.2, 0.25) is 0 Å². The first kappa shape index (κ1) is 15.4. The molecule has 2 N–H and O–H groups in total. The van der Waals surface area contributed by atoms with Gasteiger partial charge < -0.3 is 15.2 Å². The Morgan fingerprint density at radius 2 is 2.19 bits per heavy atom. The van der Waals surface area contributed by atoms with Crippen LogP contribution in [-0.4, -0.2) is 40.2 Å². The largest absolute Gasteiger partial charge is 0.480 e. The molecule has 0 aliphatic carbocycles. The van der Waals surface area contributed by atoms with E-state index in [1.54, 1.807) is 7.11 Å². The van der Waals surface area contributed by atoms with Crippen LogP contribution in [0.5, 0.6) is 0 Å². The Labute approximate surface area is 127 Å². The summed E-state index contributed by atoms with van der Waals surface area (Å²) in [5.74, 6) is -0.249. The number of aromatic nitrogens is 2. The summed E-state index contributed by atoms with van der Waals surface area (Å²) in [6, 6.07) is 8.77. The smallest absolute Gasteiger partial charge is 0.326 e. The number of nitrogens with zero attached hydrogens (tertiary/aromatic N) is 2. The van der Waals surface area contributed by atoms with E-state index >= 15 is 0 Å². The minimum Gasteiger partial charge on any atom is -0.480 e. The fraction of sp³-hybridized carbons (Fsp3) is 0.357. The molecular formula is C14H17N3O3S. The average molecular weight is 307 g/mol. The lowest BCUT2D eigenvalue weighted by molar-refractivity contribution is -0.137. The second-order valence-electron chi connectivity index (χ2n) is 4.48. The highest BCUT2D eigenvalue weighted by Gasteiger charge is 2.19. The summed E-state index contributed by atoms with van der Waals surface area (Å²) in [7, 11) is 1.62. The molecule has 6 nitrogen and oxygen atoms in total. The molecule has 7 heteroatoms. The number of aliphatic carboxylic acids is 1. The molecule has 0 unspecified atom stereocenters. The van der Waals surface area contributed by atoms with Crippen LogP contribution in [0, 0.1) is 0 Å². The van der Waals surface area contributed by atoms with Crippen LogP contribution in [0.3, 0.4) is 0 Å². The zero-order valence-corrected chi connectivity index (χ0v) is 12.5. The van der Waals surface area contributed by atoms with Gasteiger partial charge in [0.05, 0.1) is 6.61 Å². The summed E-state index contributed by atoms with van der Waals surface area (Å²) in [6.07, 6.45) is 1.01.